The van der Waals surface area contributed by atoms with Crippen LogP contribution >= 0.6 is 11.3 Å². The zero-order chi connectivity index (χ0) is 15.5. The maximum atomic E-state index is 11.5. The van der Waals surface area contributed by atoms with Crippen molar-refractivity contribution in [2.45, 2.75) is 45.6 Å². The second-order valence-corrected chi connectivity index (χ2v) is 6.63. The largest absolute Gasteiger partial charge is 0.379 e. The Labute approximate surface area is 135 Å². The standard InChI is InChI=1S/C17H21N3OS/c1-3-16(21)19-13-7-4-11(2)15(8-13)18-9-14-10-22-17(20-14)12-5-6-12/h4,7-8,10,12,18H,3,5-6,9H2,1-2H3,(H,19,21). The lowest BCUT2D eigenvalue weighted by Gasteiger charge is -2.11. The van der Waals surface area contributed by atoms with Crippen LogP contribution in [0, 0.1) is 6.92 Å². The summed E-state index contributed by atoms with van der Waals surface area (Å²) in [6, 6.07) is 5.93. The van der Waals surface area contributed by atoms with Crippen molar-refractivity contribution < 1.29 is 4.79 Å². The van der Waals surface area contributed by atoms with Crippen LogP contribution in [0.1, 0.15) is 48.4 Å². The number of anilines is 2. The van der Waals surface area contributed by atoms with Crippen molar-refractivity contribution in [3.05, 3.63) is 39.8 Å². The molecule has 1 saturated carbocycles. The average molecular weight is 315 g/mol. The van der Waals surface area contributed by atoms with Gasteiger partial charge < -0.3 is 10.6 Å². The van der Waals surface area contributed by atoms with Crippen molar-refractivity contribution in [3.8, 4) is 0 Å². The Bertz CT molecular complexity index is 676. The van der Waals surface area contributed by atoms with Crippen molar-refractivity contribution in [1.82, 2.24) is 4.98 Å². The van der Waals surface area contributed by atoms with Gasteiger partial charge in [-0.05, 0) is 37.5 Å². The van der Waals surface area contributed by atoms with Gasteiger partial charge in [-0.25, -0.2) is 4.98 Å². The Morgan fingerprint density at radius 3 is 2.95 bits per heavy atom. The molecule has 2 N–H and O–H groups in total. The minimum absolute atomic E-state index is 0.0309. The van der Waals surface area contributed by atoms with E-state index in [0.29, 0.717) is 12.3 Å². The Kier molecular flexibility index (Phi) is 4.43. The van der Waals surface area contributed by atoms with E-state index in [4.69, 9.17) is 0 Å². The highest BCUT2D eigenvalue weighted by Gasteiger charge is 2.26. The van der Waals surface area contributed by atoms with Crippen LogP contribution < -0.4 is 10.6 Å². The summed E-state index contributed by atoms with van der Waals surface area (Å²) < 4.78 is 0. The molecule has 3 rings (SSSR count). The Balaban J connectivity index is 1.65. The molecular weight excluding hydrogens is 294 g/mol. The quantitative estimate of drug-likeness (QED) is 0.836. The third-order valence-corrected chi connectivity index (χ3v) is 4.85. The first kappa shape index (κ1) is 15.0. The number of carbonyl (C=O) groups excluding carboxylic acids is 1. The number of rotatable bonds is 6. The SMILES string of the molecule is CCC(=O)Nc1ccc(C)c(NCc2csc(C3CC3)n2)c1. The molecule has 2 aromatic rings. The first-order valence-corrected chi connectivity index (χ1v) is 8.62. The zero-order valence-corrected chi connectivity index (χ0v) is 13.8. The van der Waals surface area contributed by atoms with Gasteiger partial charge in [0.25, 0.3) is 0 Å². The molecule has 22 heavy (non-hydrogen) atoms. The maximum absolute atomic E-state index is 11.5. The number of nitrogens with zero attached hydrogens (tertiary/aromatic N) is 1. The highest BCUT2D eigenvalue weighted by atomic mass is 32.1. The third-order valence-electron chi connectivity index (χ3n) is 3.80. The van der Waals surface area contributed by atoms with Crippen LogP contribution in [0.5, 0.6) is 0 Å². The lowest BCUT2D eigenvalue weighted by atomic mass is 10.1. The fraction of sp³-hybridized carbons (Fsp3) is 0.412. The number of benzene rings is 1. The molecule has 1 aromatic heterocycles. The summed E-state index contributed by atoms with van der Waals surface area (Å²) in [7, 11) is 0. The molecule has 0 bridgehead atoms. The molecule has 0 radical (unpaired) electrons. The van der Waals surface area contributed by atoms with Crippen molar-refractivity contribution in [2.75, 3.05) is 10.6 Å². The van der Waals surface area contributed by atoms with Crippen molar-refractivity contribution in [3.63, 3.8) is 0 Å². The molecule has 1 aliphatic carbocycles. The topological polar surface area (TPSA) is 54.0 Å². The van der Waals surface area contributed by atoms with Gasteiger partial charge in [0.05, 0.1) is 17.2 Å². The van der Waals surface area contributed by atoms with Gasteiger partial charge in [0.1, 0.15) is 0 Å². The van der Waals surface area contributed by atoms with Crippen LogP contribution in [0.4, 0.5) is 11.4 Å². The van der Waals surface area contributed by atoms with Gasteiger partial charge in [-0.2, -0.15) is 0 Å². The number of nitrogens with one attached hydrogen (secondary N) is 2. The van der Waals surface area contributed by atoms with Crippen LogP contribution in [-0.4, -0.2) is 10.9 Å². The Morgan fingerprint density at radius 2 is 2.23 bits per heavy atom. The van der Waals surface area contributed by atoms with E-state index in [9.17, 15) is 4.79 Å². The van der Waals surface area contributed by atoms with Gasteiger partial charge in [0.2, 0.25) is 5.91 Å². The molecule has 1 heterocycles. The predicted molar refractivity (Wildman–Crippen MR) is 91.5 cm³/mol. The minimum atomic E-state index is 0.0309. The second-order valence-electron chi connectivity index (χ2n) is 5.74. The average Bonchev–Trinajstić information content (AvgIpc) is 3.26. The van der Waals surface area contributed by atoms with Crippen LogP contribution in [0.25, 0.3) is 0 Å². The molecule has 116 valence electrons. The fourth-order valence-electron chi connectivity index (χ4n) is 2.25. The molecule has 0 aliphatic heterocycles. The van der Waals surface area contributed by atoms with Crippen LogP contribution in [0.3, 0.4) is 0 Å². The molecule has 0 saturated heterocycles. The van der Waals surface area contributed by atoms with E-state index in [1.54, 1.807) is 11.3 Å². The first-order chi connectivity index (χ1) is 10.7. The van der Waals surface area contributed by atoms with Crippen LogP contribution in [0.2, 0.25) is 0 Å². The number of hydrogen-bond acceptors (Lipinski definition) is 4. The molecule has 4 nitrogen and oxygen atoms in total. The number of hydrogen-bond donors (Lipinski definition) is 2. The lowest BCUT2D eigenvalue weighted by Crippen LogP contribution is -2.10. The third kappa shape index (κ3) is 3.65. The number of amides is 1. The summed E-state index contributed by atoms with van der Waals surface area (Å²) in [5, 5.41) is 9.73. The molecule has 0 unspecified atom stereocenters. The second kappa shape index (κ2) is 6.48. The zero-order valence-electron chi connectivity index (χ0n) is 13.0. The van der Waals surface area contributed by atoms with Crippen molar-refractivity contribution in [2.24, 2.45) is 0 Å². The molecule has 1 aromatic carbocycles. The fourth-order valence-corrected chi connectivity index (χ4v) is 3.24. The first-order valence-electron chi connectivity index (χ1n) is 7.74. The molecule has 0 spiro atoms. The van der Waals surface area contributed by atoms with Crippen molar-refractivity contribution in [1.29, 1.82) is 0 Å². The monoisotopic (exact) mass is 315 g/mol. The smallest absolute Gasteiger partial charge is 0.224 e. The summed E-state index contributed by atoms with van der Waals surface area (Å²) in [4.78, 5) is 16.2. The summed E-state index contributed by atoms with van der Waals surface area (Å²) in [6.07, 6.45) is 3.07. The van der Waals surface area contributed by atoms with Crippen molar-refractivity contribution >= 4 is 28.6 Å². The normalized spacial score (nSPS) is 13.9. The van der Waals surface area contributed by atoms with Gasteiger partial charge >= 0.3 is 0 Å². The molecule has 1 amide bonds. The maximum Gasteiger partial charge on any atom is 0.224 e. The molecule has 0 atom stereocenters. The van der Waals surface area contributed by atoms with Gasteiger partial charge in [0, 0.05) is 29.1 Å². The Hall–Kier alpha value is -1.88. The van der Waals surface area contributed by atoms with Gasteiger partial charge in [-0.1, -0.05) is 13.0 Å². The molecule has 1 aliphatic rings. The highest BCUT2D eigenvalue weighted by molar-refractivity contribution is 7.09. The van der Waals surface area contributed by atoms with E-state index in [1.807, 2.05) is 25.1 Å². The van der Waals surface area contributed by atoms with E-state index in [0.717, 1.165) is 29.2 Å². The number of aromatic nitrogens is 1. The number of aryl methyl sites for hydroxylation is 1. The van der Waals surface area contributed by atoms with Crippen LogP contribution in [-0.2, 0) is 11.3 Å². The van der Waals surface area contributed by atoms with Gasteiger partial charge in [0.15, 0.2) is 0 Å². The summed E-state index contributed by atoms with van der Waals surface area (Å²) in [6.45, 7) is 4.63. The molecule has 1 fully saturated rings. The van der Waals surface area contributed by atoms with E-state index in [-0.39, 0.29) is 5.91 Å². The molecular formula is C17H21N3OS. The van der Waals surface area contributed by atoms with Gasteiger partial charge in [-0.15, -0.1) is 11.3 Å². The van der Waals surface area contributed by atoms with E-state index >= 15 is 0 Å². The van der Waals surface area contributed by atoms with E-state index < -0.39 is 0 Å². The summed E-state index contributed by atoms with van der Waals surface area (Å²) in [5.41, 5.74) is 4.12. The van der Waals surface area contributed by atoms with E-state index in [2.05, 4.69) is 27.9 Å². The predicted octanol–water partition coefficient (Wildman–Crippen LogP) is 4.29. The molecule has 5 heteroatoms. The number of carbonyl (C=O) groups is 1. The lowest BCUT2D eigenvalue weighted by molar-refractivity contribution is -0.115. The minimum Gasteiger partial charge on any atom is -0.379 e. The van der Waals surface area contributed by atoms with Gasteiger partial charge in [-0.3, -0.25) is 4.79 Å². The summed E-state index contributed by atoms with van der Waals surface area (Å²) in [5.74, 6) is 0.747. The van der Waals surface area contributed by atoms with Crippen LogP contribution in [0.15, 0.2) is 23.6 Å². The highest BCUT2D eigenvalue weighted by Crippen LogP contribution is 2.41. The van der Waals surface area contributed by atoms with E-state index in [1.165, 1.54) is 17.8 Å². The number of thiazole rings is 1. The Morgan fingerprint density at radius 1 is 1.41 bits per heavy atom. The summed E-state index contributed by atoms with van der Waals surface area (Å²) >= 11 is 1.77.